The zero-order chi connectivity index (χ0) is 17.0. The maximum atomic E-state index is 12.6. The van der Waals surface area contributed by atoms with Gasteiger partial charge in [0.05, 0.1) is 5.56 Å². The first-order chi connectivity index (χ1) is 10.9. The SMILES string of the molecule is CCN(CC)S(=O)(=O)N1CCC[C@@H](c2ccc(C(=O)O)cc2)C1. The molecule has 0 aromatic heterocycles. The number of carboxylic acids is 1. The molecule has 0 amide bonds. The molecule has 1 saturated heterocycles. The van der Waals surface area contributed by atoms with Crippen LogP contribution in [0, 0.1) is 0 Å². The van der Waals surface area contributed by atoms with E-state index in [-0.39, 0.29) is 11.5 Å². The van der Waals surface area contributed by atoms with E-state index in [2.05, 4.69) is 0 Å². The van der Waals surface area contributed by atoms with Gasteiger partial charge in [0.25, 0.3) is 10.2 Å². The van der Waals surface area contributed by atoms with E-state index in [1.165, 1.54) is 4.31 Å². The van der Waals surface area contributed by atoms with Crippen LogP contribution < -0.4 is 0 Å². The van der Waals surface area contributed by atoms with E-state index in [1.807, 2.05) is 13.8 Å². The van der Waals surface area contributed by atoms with Crippen LogP contribution >= 0.6 is 0 Å². The van der Waals surface area contributed by atoms with Gasteiger partial charge in [-0.2, -0.15) is 17.0 Å². The van der Waals surface area contributed by atoms with Crippen LogP contribution in [0.3, 0.4) is 0 Å². The second-order valence-electron chi connectivity index (χ2n) is 5.72. The van der Waals surface area contributed by atoms with E-state index in [0.717, 1.165) is 18.4 Å². The lowest BCUT2D eigenvalue weighted by Gasteiger charge is -2.35. The summed E-state index contributed by atoms with van der Waals surface area (Å²) in [6.07, 6.45) is 1.72. The van der Waals surface area contributed by atoms with Crippen molar-refractivity contribution in [3.8, 4) is 0 Å². The summed E-state index contributed by atoms with van der Waals surface area (Å²) < 4.78 is 28.3. The van der Waals surface area contributed by atoms with Gasteiger partial charge in [-0.1, -0.05) is 26.0 Å². The number of carbonyl (C=O) groups is 1. The van der Waals surface area contributed by atoms with Crippen molar-refractivity contribution in [1.82, 2.24) is 8.61 Å². The Balaban J connectivity index is 2.16. The largest absolute Gasteiger partial charge is 0.478 e. The Morgan fingerprint density at radius 3 is 2.39 bits per heavy atom. The number of hydrogen-bond acceptors (Lipinski definition) is 3. The Morgan fingerprint density at radius 2 is 1.87 bits per heavy atom. The molecule has 23 heavy (non-hydrogen) atoms. The van der Waals surface area contributed by atoms with Crippen molar-refractivity contribution in [2.24, 2.45) is 0 Å². The van der Waals surface area contributed by atoms with Crippen molar-refractivity contribution >= 4 is 16.2 Å². The lowest BCUT2D eigenvalue weighted by atomic mass is 9.91. The highest BCUT2D eigenvalue weighted by atomic mass is 32.2. The van der Waals surface area contributed by atoms with Crippen molar-refractivity contribution in [3.63, 3.8) is 0 Å². The van der Waals surface area contributed by atoms with Crippen LogP contribution in [-0.2, 0) is 10.2 Å². The molecule has 128 valence electrons. The topological polar surface area (TPSA) is 77.9 Å². The zero-order valence-electron chi connectivity index (χ0n) is 13.6. The highest BCUT2D eigenvalue weighted by molar-refractivity contribution is 7.86. The monoisotopic (exact) mass is 340 g/mol. The minimum Gasteiger partial charge on any atom is -0.478 e. The Kier molecular flexibility index (Phi) is 5.78. The average Bonchev–Trinajstić information content (AvgIpc) is 2.56. The normalized spacial score (nSPS) is 19.9. The third-order valence-corrected chi connectivity index (χ3v) is 6.52. The molecule has 0 radical (unpaired) electrons. The average molecular weight is 340 g/mol. The van der Waals surface area contributed by atoms with E-state index >= 15 is 0 Å². The number of rotatable bonds is 6. The molecule has 0 saturated carbocycles. The second-order valence-corrected chi connectivity index (χ2v) is 7.64. The molecular weight excluding hydrogens is 316 g/mol. The quantitative estimate of drug-likeness (QED) is 0.861. The highest BCUT2D eigenvalue weighted by Gasteiger charge is 2.32. The second kappa shape index (κ2) is 7.42. The number of aromatic carboxylic acids is 1. The molecule has 0 bridgehead atoms. The van der Waals surface area contributed by atoms with Crippen molar-refractivity contribution in [1.29, 1.82) is 0 Å². The summed E-state index contributed by atoms with van der Waals surface area (Å²) in [5.74, 6) is -0.845. The number of hydrogen-bond donors (Lipinski definition) is 1. The minimum absolute atomic E-state index is 0.108. The van der Waals surface area contributed by atoms with Gasteiger partial charge in [-0.15, -0.1) is 0 Å². The summed E-state index contributed by atoms with van der Waals surface area (Å²) in [5.41, 5.74) is 1.24. The maximum absolute atomic E-state index is 12.6. The highest BCUT2D eigenvalue weighted by Crippen LogP contribution is 2.29. The van der Waals surface area contributed by atoms with Crippen LogP contribution in [0.4, 0.5) is 0 Å². The molecule has 1 aromatic carbocycles. The van der Waals surface area contributed by atoms with Crippen molar-refractivity contribution in [3.05, 3.63) is 35.4 Å². The maximum Gasteiger partial charge on any atom is 0.335 e. The van der Waals surface area contributed by atoms with Crippen LogP contribution in [0.5, 0.6) is 0 Å². The van der Waals surface area contributed by atoms with Gasteiger partial charge >= 0.3 is 5.97 Å². The minimum atomic E-state index is -3.41. The number of nitrogens with zero attached hydrogens (tertiary/aromatic N) is 2. The fraction of sp³-hybridized carbons (Fsp3) is 0.562. The van der Waals surface area contributed by atoms with Gasteiger partial charge in [0.2, 0.25) is 0 Å². The molecule has 0 aliphatic carbocycles. The Hall–Kier alpha value is -1.44. The van der Waals surface area contributed by atoms with Crippen LogP contribution in [0.15, 0.2) is 24.3 Å². The van der Waals surface area contributed by atoms with Crippen LogP contribution in [0.2, 0.25) is 0 Å². The standard InChI is InChI=1S/C16H24N2O4S/c1-3-17(4-2)23(21,22)18-11-5-6-15(12-18)13-7-9-14(10-8-13)16(19)20/h7-10,15H,3-6,11-12H2,1-2H3,(H,19,20)/t15-/m1/s1. The van der Waals surface area contributed by atoms with E-state index in [9.17, 15) is 13.2 Å². The lowest BCUT2D eigenvalue weighted by Crippen LogP contribution is -2.47. The molecule has 1 aliphatic rings. The lowest BCUT2D eigenvalue weighted by molar-refractivity contribution is 0.0697. The summed E-state index contributed by atoms with van der Waals surface area (Å²) in [6, 6.07) is 6.74. The van der Waals surface area contributed by atoms with Gasteiger partial charge < -0.3 is 5.11 Å². The van der Waals surface area contributed by atoms with E-state index in [1.54, 1.807) is 28.6 Å². The fourth-order valence-electron chi connectivity index (χ4n) is 3.04. The molecule has 1 aromatic rings. The first kappa shape index (κ1) is 17.9. The molecule has 0 spiro atoms. The third-order valence-electron chi connectivity index (χ3n) is 4.37. The zero-order valence-corrected chi connectivity index (χ0v) is 14.4. The summed E-state index contributed by atoms with van der Waals surface area (Å²) in [5, 5.41) is 8.96. The number of piperidine rings is 1. The molecular formula is C16H24N2O4S. The van der Waals surface area contributed by atoms with Gasteiger partial charge in [0.15, 0.2) is 0 Å². The van der Waals surface area contributed by atoms with Gasteiger partial charge in [-0.3, -0.25) is 0 Å². The molecule has 1 atom stereocenters. The summed E-state index contributed by atoms with van der Waals surface area (Å²) in [7, 11) is -3.41. The number of benzene rings is 1. The van der Waals surface area contributed by atoms with Crippen molar-refractivity contribution in [2.45, 2.75) is 32.6 Å². The predicted octanol–water partition coefficient (Wildman–Crippen LogP) is 2.15. The molecule has 1 aliphatic heterocycles. The van der Waals surface area contributed by atoms with Gasteiger partial charge in [-0.05, 0) is 36.5 Å². The first-order valence-electron chi connectivity index (χ1n) is 7.98. The smallest absolute Gasteiger partial charge is 0.335 e. The van der Waals surface area contributed by atoms with Crippen molar-refractivity contribution < 1.29 is 18.3 Å². The van der Waals surface area contributed by atoms with Gasteiger partial charge in [-0.25, -0.2) is 4.79 Å². The summed E-state index contributed by atoms with van der Waals surface area (Å²) in [4.78, 5) is 10.9. The Labute approximate surface area is 137 Å². The van der Waals surface area contributed by atoms with Crippen molar-refractivity contribution in [2.75, 3.05) is 26.2 Å². The molecule has 1 fully saturated rings. The van der Waals surface area contributed by atoms with Crippen LogP contribution in [-0.4, -0.2) is 54.3 Å². The summed E-state index contributed by atoms with van der Waals surface area (Å²) >= 11 is 0. The van der Waals surface area contributed by atoms with Gasteiger partial charge in [0, 0.05) is 26.2 Å². The van der Waals surface area contributed by atoms with Gasteiger partial charge in [0.1, 0.15) is 0 Å². The molecule has 7 heteroatoms. The Bertz CT molecular complexity index is 639. The summed E-state index contributed by atoms with van der Waals surface area (Å²) in [6.45, 7) is 5.61. The third kappa shape index (κ3) is 3.91. The molecule has 1 N–H and O–H groups in total. The first-order valence-corrected chi connectivity index (χ1v) is 9.38. The number of carboxylic acid groups (broad SMARTS) is 1. The molecule has 6 nitrogen and oxygen atoms in total. The van der Waals surface area contributed by atoms with Crippen LogP contribution in [0.1, 0.15) is 48.5 Å². The van der Waals surface area contributed by atoms with Crippen LogP contribution in [0.25, 0.3) is 0 Å². The van der Waals surface area contributed by atoms with E-state index < -0.39 is 16.2 Å². The van der Waals surface area contributed by atoms with E-state index in [4.69, 9.17) is 5.11 Å². The predicted molar refractivity (Wildman–Crippen MR) is 88.8 cm³/mol. The fourth-order valence-corrected chi connectivity index (χ4v) is 4.74. The molecule has 1 heterocycles. The van der Waals surface area contributed by atoms with E-state index in [0.29, 0.717) is 26.2 Å². The molecule has 0 unspecified atom stereocenters. The Morgan fingerprint density at radius 1 is 1.26 bits per heavy atom. The molecule has 2 rings (SSSR count).